The molecule has 2 aromatic heterocycles. The fraction of sp³-hybridized carbons (Fsp3) is 0.267. The maximum atomic E-state index is 12.4. The Labute approximate surface area is 173 Å². The molecule has 0 saturated heterocycles. The molecular weight excluding hydrogens is 439 g/mol. The van der Waals surface area contributed by atoms with Crippen molar-refractivity contribution < 1.29 is 28.7 Å². The van der Waals surface area contributed by atoms with E-state index in [9.17, 15) is 19.2 Å². The lowest BCUT2D eigenvalue weighted by molar-refractivity contribution is -0.119. The minimum atomic E-state index is -2.37. The Kier molecular flexibility index (Phi) is 6.37. The van der Waals surface area contributed by atoms with Gasteiger partial charge in [0.05, 0.1) is 31.6 Å². The van der Waals surface area contributed by atoms with E-state index in [1.807, 2.05) is 5.32 Å². The van der Waals surface area contributed by atoms with Crippen LogP contribution < -0.4 is 10.6 Å². The number of pyridine rings is 1. The summed E-state index contributed by atoms with van der Waals surface area (Å²) >= 11 is 16.2. The molecule has 28 heavy (non-hydrogen) atoms. The fourth-order valence-electron chi connectivity index (χ4n) is 2.32. The monoisotopic (exact) mass is 450 g/mol. The number of hydrogen-bond donors (Lipinski definition) is 2. The van der Waals surface area contributed by atoms with Crippen LogP contribution in [0.1, 0.15) is 26.4 Å². The molecule has 2 aromatic rings. The highest BCUT2D eigenvalue weighted by Gasteiger charge is 2.32. The highest BCUT2D eigenvalue weighted by molar-refractivity contribution is 6.76. The third-order valence-electron chi connectivity index (χ3n) is 3.49. The van der Waals surface area contributed by atoms with Crippen molar-refractivity contribution in [3.63, 3.8) is 0 Å². The third kappa shape index (κ3) is 4.29. The average Bonchev–Trinajstić information content (AvgIpc) is 3.05. The van der Waals surface area contributed by atoms with Gasteiger partial charge in [-0.2, -0.15) is 5.10 Å². The van der Waals surface area contributed by atoms with Crippen LogP contribution in [-0.2, 0) is 14.3 Å². The zero-order valence-electron chi connectivity index (χ0n) is 14.6. The largest absolute Gasteiger partial charge is 0.465 e. The molecule has 0 fully saturated rings. The first-order valence-corrected chi connectivity index (χ1v) is 8.51. The summed E-state index contributed by atoms with van der Waals surface area (Å²) in [5.74, 6) is -2.83. The number of hydrogen-bond acceptors (Lipinski definition) is 7. The second kappa shape index (κ2) is 8.21. The van der Waals surface area contributed by atoms with Crippen molar-refractivity contribution in [3.05, 3.63) is 29.1 Å². The molecule has 150 valence electrons. The number of esters is 2. The SMILES string of the molecule is COC(=O)c1cnn2c(C)cc(NC(=O)NC(=O)C(Cl)(Cl)Cl)c(C(=O)OC)c12. The van der Waals surface area contributed by atoms with E-state index in [4.69, 9.17) is 39.5 Å². The van der Waals surface area contributed by atoms with Crippen molar-refractivity contribution in [1.29, 1.82) is 0 Å². The number of imide groups is 1. The maximum absolute atomic E-state index is 12.4. The molecule has 0 aliphatic heterocycles. The molecule has 0 unspecified atom stereocenters. The summed E-state index contributed by atoms with van der Waals surface area (Å²) in [4.78, 5) is 48.1. The van der Waals surface area contributed by atoms with Crippen molar-refractivity contribution in [1.82, 2.24) is 14.9 Å². The lowest BCUT2D eigenvalue weighted by Crippen LogP contribution is -2.41. The number of nitrogens with zero attached hydrogens (tertiary/aromatic N) is 2. The van der Waals surface area contributed by atoms with Crippen molar-refractivity contribution in [3.8, 4) is 0 Å². The van der Waals surface area contributed by atoms with E-state index in [1.54, 1.807) is 6.92 Å². The first-order chi connectivity index (χ1) is 13.0. The van der Waals surface area contributed by atoms with Gasteiger partial charge in [-0.25, -0.2) is 18.9 Å². The molecule has 2 N–H and O–H groups in total. The number of anilines is 1. The summed E-state index contributed by atoms with van der Waals surface area (Å²) in [6.45, 7) is 1.61. The first kappa shape index (κ1) is 21.7. The van der Waals surface area contributed by atoms with Gasteiger partial charge in [0.1, 0.15) is 11.1 Å². The normalized spacial score (nSPS) is 11.1. The van der Waals surface area contributed by atoms with Crippen molar-refractivity contribution >= 4 is 69.9 Å². The van der Waals surface area contributed by atoms with Crippen LogP contribution in [0, 0.1) is 6.92 Å². The second-order valence-corrected chi connectivity index (χ2v) is 7.56. The van der Waals surface area contributed by atoms with Gasteiger partial charge >= 0.3 is 18.0 Å². The highest BCUT2D eigenvalue weighted by Crippen LogP contribution is 2.28. The number of ether oxygens (including phenoxy) is 2. The van der Waals surface area contributed by atoms with E-state index < -0.39 is 27.7 Å². The molecule has 3 amide bonds. The number of methoxy groups -OCH3 is 2. The molecule has 2 rings (SSSR count). The van der Waals surface area contributed by atoms with Crippen LogP contribution in [0.3, 0.4) is 0 Å². The van der Waals surface area contributed by atoms with Gasteiger partial charge in [0, 0.05) is 5.69 Å². The van der Waals surface area contributed by atoms with Gasteiger partial charge in [-0.05, 0) is 13.0 Å². The number of amides is 3. The summed E-state index contributed by atoms with van der Waals surface area (Å²) < 4.78 is 8.37. The number of urea groups is 1. The van der Waals surface area contributed by atoms with E-state index >= 15 is 0 Å². The Bertz CT molecular complexity index is 982. The van der Waals surface area contributed by atoms with E-state index in [0.717, 1.165) is 14.2 Å². The summed E-state index contributed by atoms with van der Waals surface area (Å²) in [5.41, 5.74) is 0.189. The van der Waals surface area contributed by atoms with Crippen LogP contribution in [0.15, 0.2) is 12.3 Å². The van der Waals surface area contributed by atoms with E-state index in [2.05, 4.69) is 15.2 Å². The van der Waals surface area contributed by atoms with Gasteiger partial charge in [0.25, 0.3) is 9.70 Å². The smallest absolute Gasteiger partial charge is 0.342 e. The average molecular weight is 452 g/mol. The summed E-state index contributed by atoms with van der Waals surface area (Å²) in [7, 11) is 2.28. The molecule has 0 aliphatic rings. The molecule has 0 saturated carbocycles. The number of carbonyl (C=O) groups is 4. The number of alkyl halides is 3. The molecule has 0 aromatic carbocycles. The van der Waals surface area contributed by atoms with E-state index in [-0.39, 0.29) is 22.3 Å². The zero-order valence-corrected chi connectivity index (χ0v) is 16.9. The van der Waals surface area contributed by atoms with Crippen LogP contribution >= 0.6 is 34.8 Å². The Morgan fingerprint density at radius 3 is 2.25 bits per heavy atom. The summed E-state index contributed by atoms with van der Waals surface area (Å²) in [6, 6.07) is 0.302. The van der Waals surface area contributed by atoms with Gasteiger partial charge in [0.2, 0.25) is 0 Å². The van der Waals surface area contributed by atoms with Gasteiger partial charge in [0.15, 0.2) is 0 Å². The second-order valence-electron chi connectivity index (χ2n) is 5.28. The minimum Gasteiger partial charge on any atom is -0.465 e. The molecule has 0 atom stereocenters. The Hall–Kier alpha value is -2.56. The third-order valence-corrected chi connectivity index (χ3v) is 4.01. The zero-order chi connectivity index (χ0) is 21.2. The van der Waals surface area contributed by atoms with Gasteiger partial charge in [-0.1, -0.05) is 34.8 Å². The van der Waals surface area contributed by atoms with Crippen molar-refractivity contribution in [2.75, 3.05) is 19.5 Å². The molecule has 0 radical (unpaired) electrons. The lowest BCUT2D eigenvalue weighted by Gasteiger charge is -2.15. The van der Waals surface area contributed by atoms with Crippen LogP contribution in [-0.4, -0.2) is 51.5 Å². The molecule has 0 aliphatic carbocycles. The van der Waals surface area contributed by atoms with Gasteiger partial charge < -0.3 is 14.8 Å². The number of nitrogens with one attached hydrogen (secondary N) is 2. The summed E-state index contributed by atoms with van der Waals surface area (Å²) in [6.07, 6.45) is 1.21. The van der Waals surface area contributed by atoms with Crippen molar-refractivity contribution in [2.24, 2.45) is 0 Å². The number of fused-ring (bicyclic) bond motifs is 1. The molecule has 2 heterocycles. The first-order valence-electron chi connectivity index (χ1n) is 7.38. The lowest BCUT2D eigenvalue weighted by atomic mass is 10.1. The molecular formula is C15H13Cl3N4O6. The molecule has 13 heteroatoms. The van der Waals surface area contributed by atoms with Crippen LogP contribution in [0.4, 0.5) is 10.5 Å². The molecule has 10 nitrogen and oxygen atoms in total. The summed E-state index contributed by atoms with van der Waals surface area (Å²) in [5, 5.41) is 8.15. The Morgan fingerprint density at radius 2 is 1.71 bits per heavy atom. The predicted octanol–water partition coefficient (Wildman–Crippen LogP) is 2.23. The topological polar surface area (TPSA) is 128 Å². The highest BCUT2D eigenvalue weighted by atomic mass is 35.6. The molecule has 0 bridgehead atoms. The number of rotatable bonds is 3. The standard InChI is InChI=1S/C15H13Cl3N4O6/c1-6-4-8(20-14(26)21-13(25)15(16,17)18)9(12(24)28-3)10-7(11(23)27-2)5-19-22(6)10/h4-5H,1-3H3,(H2,20,21,25,26). The van der Waals surface area contributed by atoms with Gasteiger partial charge in [-0.15, -0.1) is 0 Å². The van der Waals surface area contributed by atoms with E-state index in [0.29, 0.717) is 5.69 Å². The number of carbonyl (C=O) groups excluding carboxylic acids is 4. The maximum Gasteiger partial charge on any atom is 0.342 e. The molecule has 0 spiro atoms. The number of aromatic nitrogens is 2. The minimum absolute atomic E-state index is 0.0348. The Balaban J connectivity index is 2.59. The van der Waals surface area contributed by atoms with Crippen molar-refractivity contribution in [2.45, 2.75) is 10.7 Å². The Morgan fingerprint density at radius 1 is 1.11 bits per heavy atom. The van der Waals surface area contributed by atoms with Crippen LogP contribution in [0.25, 0.3) is 5.52 Å². The van der Waals surface area contributed by atoms with Gasteiger partial charge in [-0.3, -0.25) is 10.1 Å². The quantitative estimate of drug-likeness (QED) is 0.541. The van der Waals surface area contributed by atoms with E-state index in [1.165, 1.54) is 16.8 Å². The van der Waals surface area contributed by atoms with Crippen LogP contribution in [0.2, 0.25) is 0 Å². The fourth-order valence-corrected chi connectivity index (χ4v) is 2.46. The number of aryl methyl sites for hydroxylation is 1. The predicted molar refractivity (Wildman–Crippen MR) is 100 cm³/mol. The number of halogens is 3. The van der Waals surface area contributed by atoms with Crippen LogP contribution in [0.5, 0.6) is 0 Å².